The standard InChI is InChI=1S/C23H21N3O5S/c1-28-16-11-14(12-17(29-2)20(16)30-3)13-24-22(27)19-10-9-18(32-19)21-25-23(31-26-21)15-7-5-4-6-8-15/h4-12H,13H2,1-3H3,(H,24,27). The lowest BCUT2D eigenvalue weighted by molar-refractivity contribution is 0.0955. The highest BCUT2D eigenvalue weighted by Crippen LogP contribution is 2.38. The first-order valence-electron chi connectivity index (χ1n) is 9.69. The lowest BCUT2D eigenvalue weighted by Gasteiger charge is -2.14. The lowest BCUT2D eigenvalue weighted by Crippen LogP contribution is -2.21. The van der Waals surface area contributed by atoms with E-state index in [1.54, 1.807) is 45.6 Å². The molecule has 164 valence electrons. The second kappa shape index (κ2) is 9.52. The van der Waals surface area contributed by atoms with E-state index in [0.29, 0.717) is 40.4 Å². The zero-order valence-corrected chi connectivity index (χ0v) is 18.6. The van der Waals surface area contributed by atoms with Gasteiger partial charge in [0.1, 0.15) is 0 Å². The summed E-state index contributed by atoms with van der Waals surface area (Å²) in [7, 11) is 4.64. The van der Waals surface area contributed by atoms with E-state index in [1.165, 1.54) is 11.3 Å². The Morgan fingerprint density at radius 1 is 1.00 bits per heavy atom. The normalized spacial score (nSPS) is 10.6. The predicted octanol–water partition coefficient (Wildman–Crippen LogP) is 4.42. The van der Waals surface area contributed by atoms with Crippen LogP contribution < -0.4 is 19.5 Å². The number of amides is 1. The molecule has 32 heavy (non-hydrogen) atoms. The highest BCUT2D eigenvalue weighted by Gasteiger charge is 2.17. The van der Waals surface area contributed by atoms with Gasteiger partial charge in [-0.05, 0) is 42.0 Å². The summed E-state index contributed by atoms with van der Waals surface area (Å²) >= 11 is 1.29. The molecule has 2 aromatic heterocycles. The highest BCUT2D eigenvalue weighted by molar-refractivity contribution is 7.17. The van der Waals surface area contributed by atoms with Crippen molar-refractivity contribution < 1.29 is 23.5 Å². The van der Waals surface area contributed by atoms with Gasteiger partial charge in [0.15, 0.2) is 11.5 Å². The van der Waals surface area contributed by atoms with Crippen LogP contribution in [0.5, 0.6) is 17.2 Å². The number of rotatable bonds is 8. The quantitative estimate of drug-likeness (QED) is 0.424. The molecule has 8 nitrogen and oxygen atoms in total. The molecule has 0 saturated carbocycles. The Hall–Kier alpha value is -3.85. The molecule has 0 atom stereocenters. The molecular formula is C23H21N3O5S. The minimum absolute atomic E-state index is 0.207. The Morgan fingerprint density at radius 2 is 1.72 bits per heavy atom. The van der Waals surface area contributed by atoms with Gasteiger partial charge >= 0.3 is 0 Å². The van der Waals surface area contributed by atoms with E-state index in [2.05, 4.69) is 15.5 Å². The summed E-state index contributed by atoms with van der Waals surface area (Å²) in [4.78, 5) is 18.4. The maximum Gasteiger partial charge on any atom is 0.261 e. The first-order valence-corrected chi connectivity index (χ1v) is 10.5. The molecule has 4 rings (SSSR count). The van der Waals surface area contributed by atoms with Crippen LogP contribution in [0.25, 0.3) is 22.2 Å². The average molecular weight is 452 g/mol. The number of hydrogen-bond acceptors (Lipinski definition) is 8. The summed E-state index contributed by atoms with van der Waals surface area (Å²) < 4.78 is 21.4. The second-order valence-electron chi connectivity index (χ2n) is 6.67. The number of hydrogen-bond donors (Lipinski definition) is 1. The number of carbonyl (C=O) groups is 1. The molecule has 0 aliphatic carbocycles. The van der Waals surface area contributed by atoms with Crippen LogP contribution in [0.3, 0.4) is 0 Å². The largest absolute Gasteiger partial charge is 0.493 e. The van der Waals surface area contributed by atoms with Crippen molar-refractivity contribution in [3.63, 3.8) is 0 Å². The fourth-order valence-electron chi connectivity index (χ4n) is 3.11. The maximum atomic E-state index is 12.7. The first kappa shape index (κ1) is 21.4. The van der Waals surface area contributed by atoms with Crippen LogP contribution in [0.15, 0.2) is 59.1 Å². The molecule has 1 N–H and O–H groups in total. The van der Waals surface area contributed by atoms with Crippen molar-refractivity contribution in [1.82, 2.24) is 15.5 Å². The molecule has 0 spiro atoms. The molecule has 0 saturated heterocycles. The number of benzene rings is 2. The van der Waals surface area contributed by atoms with Crippen LogP contribution in [0, 0.1) is 0 Å². The van der Waals surface area contributed by atoms with Gasteiger partial charge in [0, 0.05) is 12.1 Å². The van der Waals surface area contributed by atoms with E-state index in [-0.39, 0.29) is 5.91 Å². The number of carbonyl (C=O) groups excluding carboxylic acids is 1. The Morgan fingerprint density at radius 3 is 2.38 bits per heavy atom. The smallest absolute Gasteiger partial charge is 0.261 e. The fraction of sp³-hybridized carbons (Fsp3) is 0.174. The van der Waals surface area contributed by atoms with E-state index in [4.69, 9.17) is 18.7 Å². The van der Waals surface area contributed by atoms with Crippen molar-refractivity contribution in [3.05, 3.63) is 65.0 Å². The molecule has 0 aliphatic heterocycles. The van der Waals surface area contributed by atoms with Gasteiger partial charge in [-0.25, -0.2) is 0 Å². The minimum atomic E-state index is -0.207. The Labute approximate surface area is 188 Å². The monoisotopic (exact) mass is 451 g/mol. The molecule has 4 aromatic rings. The molecule has 0 bridgehead atoms. The van der Waals surface area contributed by atoms with E-state index >= 15 is 0 Å². The van der Waals surface area contributed by atoms with E-state index in [1.807, 2.05) is 30.3 Å². The SMILES string of the molecule is COc1cc(CNC(=O)c2ccc(-c3noc(-c4ccccc4)n3)s2)cc(OC)c1OC. The molecule has 2 aromatic carbocycles. The van der Waals surface area contributed by atoms with Gasteiger partial charge in [0.2, 0.25) is 11.6 Å². The molecule has 2 heterocycles. The predicted molar refractivity (Wildman–Crippen MR) is 120 cm³/mol. The number of nitrogens with one attached hydrogen (secondary N) is 1. The van der Waals surface area contributed by atoms with Crippen molar-refractivity contribution in [2.75, 3.05) is 21.3 Å². The number of nitrogens with zero attached hydrogens (tertiary/aromatic N) is 2. The van der Waals surface area contributed by atoms with Gasteiger partial charge in [-0.3, -0.25) is 4.79 Å². The molecule has 0 aliphatic rings. The second-order valence-corrected chi connectivity index (χ2v) is 7.75. The van der Waals surface area contributed by atoms with E-state index in [0.717, 1.165) is 16.0 Å². The van der Waals surface area contributed by atoms with E-state index < -0.39 is 0 Å². The third-order valence-electron chi connectivity index (χ3n) is 4.67. The third-order valence-corrected chi connectivity index (χ3v) is 5.75. The van der Waals surface area contributed by atoms with Crippen molar-refractivity contribution in [3.8, 4) is 39.4 Å². The average Bonchev–Trinajstić information content (AvgIpc) is 3.52. The van der Waals surface area contributed by atoms with Crippen LogP contribution >= 0.6 is 11.3 Å². The lowest BCUT2D eigenvalue weighted by atomic mass is 10.1. The van der Waals surface area contributed by atoms with E-state index in [9.17, 15) is 4.79 Å². The summed E-state index contributed by atoms with van der Waals surface area (Å²) in [5.41, 5.74) is 1.65. The Balaban J connectivity index is 1.45. The van der Waals surface area contributed by atoms with Crippen molar-refractivity contribution in [2.45, 2.75) is 6.54 Å². The topological polar surface area (TPSA) is 95.7 Å². The van der Waals surface area contributed by atoms with Gasteiger partial charge in [-0.1, -0.05) is 23.4 Å². The number of aromatic nitrogens is 2. The highest BCUT2D eigenvalue weighted by atomic mass is 32.1. The zero-order chi connectivity index (χ0) is 22.5. The fourth-order valence-corrected chi connectivity index (χ4v) is 3.96. The molecule has 0 radical (unpaired) electrons. The Kier molecular flexibility index (Phi) is 6.37. The molecular weight excluding hydrogens is 430 g/mol. The van der Waals surface area contributed by atoms with Gasteiger partial charge in [-0.2, -0.15) is 4.98 Å². The maximum absolute atomic E-state index is 12.7. The summed E-state index contributed by atoms with van der Waals surface area (Å²) in [6.07, 6.45) is 0. The van der Waals surface area contributed by atoms with Crippen molar-refractivity contribution >= 4 is 17.2 Å². The van der Waals surface area contributed by atoms with Gasteiger partial charge in [-0.15, -0.1) is 11.3 Å². The number of thiophene rings is 1. The summed E-state index contributed by atoms with van der Waals surface area (Å²) in [6, 6.07) is 16.7. The summed E-state index contributed by atoms with van der Waals surface area (Å²) in [5.74, 6) is 2.23. The minimum Gasteiger partial charge on any atom is -0.493 e. The third kappa shape index (κ3) is 4.42. The number of methoxy groups -OCH3 is 3. The first-order chi connectivity index (χ1) is 15.6. The van der Waals surface area contributed by atoms with Crippen LogP contribution in [0.1, 0.15) is 15.2 Å². The summed E-state index contributed by atoms with van der Waals surface area (Å²) in [6.45, 7) is 0.295. The Bertz CT molecular complexity index is 1190. The van der Waals surface area contributed by atoms with Crippen LogP contribution in [0.2, 0.25) is 0 Å². The van der Waals surface area contributed by atoms with Gasteiger partial charge < -0.3 is 24.1 Å². The van der Waals surface area contributed by atoms with Crippen LogP contribution in [0.4, 0.5) is 0 Å². The molecule has 0 fully saturated rings. The molecule has 1 amide bonds. The van der Waals surface area contributed by atoms with Crippen molar-refractivity contribution in [2.24, 2.45) is 0 Å². The van der Waals surface area contributed by atoms with Gasteiger partial charge in [0.25, 0.3) is 11.8 Å². The summed E-state index contributed by atoms with van der Waals surface area (Å²) in [5, 5.41) is 6.94. The zero-order valence-electron chi connectivity index (χ0n) is 17.7. The van der Waals surface area contributed by atoms with Crippen molar-refractivity contribution in [1.29, 1.82) is 0 Å². The molecule has 0 unspecified atom stereocenters. The number of ether oxygens (including phenoxy) is 3. The molecule has 9 heteroatoms. The van der Waals surface area contributed by atoms with Crippen LogP contribution in [-0.4, -0.2) is 37.4 Å². The van der Waals surface area contributed by atoms with Crippen LogP contribution in [-0.2, 0) is 6.54 Å². The van der Waals surface area contributed by atoms with Gasteiger partial charge in [0.05, 0.1) is 31.1 Å².